The van der Waals surface area contributed by atoms with Crippen molar-refractivity contribution in [3.63, 3.8) is 0 Å². The van der Waals surface area contributed by atoms with Gasteiger partial charge in [-0.05, 0) is 34.7 Å². The van der Waals surface area contributed by atoms with E-state index in [1.54, 1.807) is 35.8 Å². The summed E-state index contributed by atoms with van der Waals surface area (Å²) in [5.41, 5.74) is 2.11. The summed E-state index contributed by atoms with van der Waals surface area (Å²) in [4.78, 5) is 4.05. The van der Waals surface area contributed by atoms with Gasteiger partial charge < -0.3 is 27.2 Å². The van der Waals surface area contributed by atoms with Crippen LogP contribution in [0.2, 0.25) is 5.15 Å². The Balaban J connectivity index is 0.00000300. The van der Waals surface area contributed by atoms with E-state index in [9.17, 15) is 0 Å². The number of ether oxygens (including phenoxy) is 2. The first kappa shape index (κ1) is 23.2. The maximum Gasteiger partial charge on any atom is 0.209 e. The summed E-state index contributed by atoms with van der Waals surface area (Å²) in [5, 5.41) is 14.9. The van der Waals surface area contributed by atoms with Crippen LogP contribution in [0, 0.1) is 0 Å². The highest BCUT2D eigenvalue weighted by atomic mass is 35.5. The lowest BCUT2D eigenvalue weighted by Gasteiger charge is -2.12. The second kappa shape index (κ2) is 11.8. The molecule has 0 fully saturated rings. The molecule has 0 unspecified atom stereocenters. The van der Waals surface area contributed by atoms with Gasteiger partial charge in [-0.25, -0.2) is 9.67 Å². The fourth-order valence-electron chi connectivity index (χ4n) is 2.46. The number of pyridine rings is 1. The van der Waals surface area contributed by atoms with Gasteiger partial charge in [0.25, 0.3) is 0 Å². The molecule has 0 bridgehead atoms. The van der Waals surface area contributed by atoms with Crippen molar-refractivity contribution >= 4 is 23.4 Å². The number of methoxy groups -OCH3 is 1. The van der Waals surface area contributed by atoms with Gasteiger partial charge in [-0.15, -0.1) is 5.10 Å². The van der Waals surface area contributed by atoms with Crippen LogP contribution in [0.25, 0.3) is 0 Å². The zero-order valence-electron chi connectivity index (χ0n) is 16.1. The molecule has 0 radical (unpaired) electrons. The normalized spacial score (nSPS) is 10.4. The van der Waals surface area contributed by atoms with E-state index >= 15 is 0 Å². The highest BCUT2D eigenvalue weighted by Crippen LogP contribution is 2.28. The summed E-state index contributed by atoms with van der Waals surface area (Å²) >= 11 is 7.44. The molecule has 8 nitrogen and oxygen atoms in total. The number of aryl methyl sites for hydroxylation is 1. The standard InChI is InChI=1S/C18H21ClN6O2S.ClH/c1-25-18(22-23-24-25)28-8-7-20-10-13-3-5-15(16(9-13)26-2)27-12-14-4-6-17(19)21-11-14;/h3-6,9,11,20H,7-8,10,12H2,1-2H3;1H. The number of hydrogen-bond donors (Lipinski definition) is 1. The summed E-state index contributed by atoms with van der Waals surface area (Å²) < 4.78 is 13.0. The summed E-state index contributed by atoms with van der Waals surface area (Å²) in [7, 11) is 3.48. The first-order valence-corrected chi connectivity index (χ1v) is 10.1. The fourth-order valence-corrected chi connectivity index (χ4v) is 3.35. The molecule has 0 aliphatic carbocycles. The molecule has 0 aliphatic heterocycles. The minimum absolute atomic E-state index is 0. The molecular weight excluding hydrogens is 435 g/mol. The van der Waals surface area contributed by atoms with Crippen LogP contribution in [0.1, 0.15) is 11.1 Å². The number of nitrogens with two attached hydrogens (primary N) is 1. The Labute approximate surface area is 184 Å². The van der Waals surface area contributed by atoms with Crippen molar-refractivity contribution in [1.29, 1.82) is 0 Å². The zero-order chi connectivity index (χ0) is 19.8. The molecule has 2 heterocycles. The molecule has 0 saturated heterocycles. The van der Waals surface area contributed by atoms with E-state index in [0.717, 1.165) is 29.6 Å². The van der Waals surface area contributed by atoms with Crippen LogP contribution in [0.4, 0.5) is 0 Å². The quantitative estimate of drug-likeness (QED) is 0.230. The van der Waals surface area contributed by atoms with E-state index in [2.05, 4.69) is 25.8 Å². The first-order valence-electron chi connectivity index (χ1n) is 8.72. The van der Waals surface area contributed by atoms with E-state index in [4.69, 9.17) is 21.1 Å². The van der Waals surface area contributed by atoms with E-state index < -0.39 is 0 Å². The zero-order valence-corrected chi connectivity index (χ0v) is 18.4. The molecule has 0 amide bonds. The van der Waals surface area contributed by atoms with Crippen molar-refractivity contribution in [2.24, 2.45) is 7.05 Å². The molecule has 0 aliphatic rings. The molecule has 11 heteroatoms. The molecule has 3 rings (SSSR count). The summed E-state index contributed by atoms with van der Waals surface area (Å²) in [5.74, 6) is 2.35. The smallest absolute Gasteiger partial charge is 0.209 e. The van der Waals surface area contributed by atoms with E-state index in [1.165, 1.54) is 5.56 Å². The van der Waals surface area contributed by atoms with E-state index in [-0.39, 0.29) is 12.4 Å². The Bertz CT molecular complexity index is 894. The third kappa shape index (κ3) is 7.04. The minimum atomic E-state index is 0. The third-order valence-corrected chi connectivity index (χ3v) is 5.19. The van der Waals surface area contributed by atoms with Gasteiger partial charge in [0, 0.05) is 24.4 Å². The predicted molar refractivity (Wildman–Crippen MR) is 107 cm³/mol. The molecule has 2 aromatic heterocycles. The van der Waals surface area contributed by atoms with Gasteiger partial charge in [-0.2, -0.15) is 0 Å². The number of tetrazole rings is 1. The van der Waals surface area contributed by atoms with Crippen molar-refractivity contribution in [2.45, 2.75) is 18.3 Å². The Kier molecular flexibility index (Phi) is 9.46. The Morgan fingerprint density at radius 1 is 1.17 bits per heavy atom. The molecule has 1 aromatic carbocycles. The number of aromatic nitrogens is 5. The summed E-state index contributed by atoms with van der Waals surface area (Å²) in [6, 6.07) is 9.63. The van der Waals surface area contributed by atoms with Gasteiger partial charge in [-0.3, -0.25) is 0 Å². The number of benzene rings is 1. The molecule has 0 spiro atoms. The van der Waals surface area contributed by atoms with E-state index in [0.29, 0.717) is 23.3 Å². The molecule has 29 heavy (non-hydrogen) atoms. The van der Waals surface area contributed by atoms with Crippen LogP contribution in [0.5, 0.6) is 11.5 Å². The lowest BCUT2D eigenvalue weighted by atomic mass is 10.2. The van der Waals surface area contributed by atoms with Crippen LogP contribution in [-0.2, 0) is 20.2 Å². The van der Waals surface area contributed by atoms with Crippen molar-refractivity contribution in [3.8, 4) is 11.5 Å². The van der Waals surface area contributed by atoms with Crippen molar-refractivity contribution in [1.82, 2.24) is 25.2 Å². The molecule has 2 N–H and O–H groups in total. The lowest BCUT2D eigenvalue weighted by Crippen LogP contribution is -3.00. The Morgan fingerprint density at radius 3 is 2.69 bits per heavy atom. The monoisotopic (exact) mass is 456 g/mol. The van der Waals surface area contributed by atoms with Gasteiger partial charge >= 0.3 is 0 Å². The van der Waals surface area contributed by atoms with Crippen molar-refractivity contribution in [3.05, 3.63) is 52.8 Å². The number of nitrogens with zero attached hydrogens (tertiary/aromatic N) is 5. The highest BCUT2D eigenvalue weighted by Gasteiger charge is 2.08. The number of rotatable bonds is 10. The van der Waals surface area contributed by atoms with Crippen molar-refractivity contribution in [2.75, 3.05) is 19.4 Å². The predicted octanol–water partition coefficient (Wildman–Crippen LogP) is -1.29. The maximum atomic E-state index is 5.86. The number of quaternary nitrogens is 1. The topological polar surface area (TPSA) is 91.6 Å². The van der Waals surface area contributed by atoms with Crippen LogP contribution < -0.4 is 27.2 Å². The van der Waals surface area contributed by atoms with Gasteiger partial charge in [0.1, 0.15) is 18.3 Å². The van der Waals surface area contributed by atoms with Gasteiger partial charge in [-0.1, -0.05) is 29.4 Å². The third-order valence-electron chi connectivity index (χ3n) is 3.93. The second-order valence-corrected chi connectivity index (χ2v) is 7.43. The van der Waals surface area contributed by atoms with Crippen LogP contribution in [0.3, 0.4) is 0 Å². The number of hydrogen-bond acceptors (Lipinski definition) is 7. The van der Waals surface area contributed by atoms with Crippen LogP contribution in [0.15, 0.2) is 41.7 Å². The number of thioether (sulfide) groups is 1. The molecule has 3 aromatic rings. The second-order valence-electron chi connectivity index (χ2n) is 5.98. The highest BCUT2D eigenvalue weighted by molar-refractivity contribution is 7.99. The minimum Gasteiger partial charge on any atom is -1.00 e. The Hall–Kier alpha value is -2.07. The summed E-state index contributed by atoms with van der Waals surface area (Å²) in [6.07, 6.45) is 1.70. The fraction of sp³-hybridized carbons (Fsp3) is 0.333. The van der Waals surface area contributed by atoms with Gasteiger partial charge in [0.15, 0.2) is 11.5 Å². The molecule has 0 saturated carbocycles. The van der Waals surface area contributed by atoms with E-state index in [1.807, 2.05) is 31.3 Å². The van der Waals surface area contributed by atoms with Crippen molar-refractivity contribution < 1.29 is 27.2 Å². The average Bonchev–Trinajstić information content (AvgIpc) is 3.12. The molecular formula is C18H22Cl2N6O2S. The van der Waals surface area contributed by atoms with Crippen LogP contribution in [-0.4, -0.2) is 44.6 Å². The lowest BCUT2D eigenvalue weighted by molar-refractivity contribution is -0.666. The van der Waals surface area contributed by atoms with Gasteiger partial charge in [0.05, 0.1) is 19.4 Å². The van der Waals surface area contributed by atoms with Crippen LogP contribution >= 0.6 is 23.4 Å². The Morgan fingerprint density at radius 2 is 2.00 bits per heavy atom. The maximum absolute atomic E-state index is 5.86. The summed E-state index contributed by atoms with van der Waals surface area (Å²) in [6.45, 7) is 2.22. The first-order chi connectivity index (χ1) is 13.7. The largest absolute Gasteiger partial charge is 1.00 e. The SMILES string of the molecule is COc1cc(C[NH2+]CCSc2nnnn2C)ccc1OCc1ccc(Cl)nc1.[Cl-]. The molecule has 0 atom stereocenters. The molecule has 156 valence electrons. The number of halogens is 2. The van der Waals surface area contributed by atoms with Gasteiger partial charge in [0.2, 0.25) is 5.16 Å². The average molecular weight is 457 g/mol.